The second kappa shape index (κ2) is 3.74. The average molecular weight is 283 g/mol. The van der Waals surface area contributed by atoms with Crippen molar-refractivity contribution >= 4 is 15.9 Å². The van der Waals surface area contributed by atoms with Gasteiger partial charge in [-0.1, -0.05) is 15.9 Å². The molecule has 3 rings (SSSR count). The van der Waals surface area contributed by atoms with Crippen molar-refractivity contribution in [2.24, 2.45) is 0 Å². The summed E-state index contributed by atoms with van der Waals surface area (Å²) >= 11 is 3.43. The Bertz CT molecular complexity index is 410. The van der Waals surface area contributed by atoms with E-state index in [0.717, 1.165) is 35.0 Å². The van der Waals surface area contributed by atoms with Crippen LogP contribution in [0, 0.1) is 0 Å². The van der Waals surface area contributed by atoms with Gasteiger partial charge in [0.1, 0.15) is 11.4 Å². The zero-order chi connectivity index (χ0) is 11.2. The third kappa shape index (κ3) is 1.66. The van der Waals surface area contributed by atoms with E-state index >= 15 is 0 Å². The number of aliphatic hydroxyl groups excluding tert-OH is 1. The fourth-order valence-electron chi connectivity index (χ4n) is 2.94. The van der Waals surface area contributed by atoms with Crippen LogP contribution in [0.15, 0.2) is 22.7 Å². The number of fused-ring (bicyclic) bond motifs is 1. The summed E-state index contributed by atoms with van der Waals surface area (Å²) < 4.78 is 7.12. The molecule has 1 aromatic carbocycles. The molecule has 1 heterocycles. The maximum absolute atomic E-state index is 10.2. The molecule has 0 bridgehead atoms. The lowest BCUT2D eigenvalue weighted by Crippen LogP contribution is -2.38. The highest BCUT2D eigenvalue weighted by Crippen LogP contribution is 2.47. The summed E-state index contributed by atoms with van der Waals surface area (Å²) in [7, 11) is 0. The summed E-state index contributed by atoms with van der Waals surface area (Å²) in [5.41, 5.74) is 0.840. The van der Waals surface area contributed by atoms with Crippen LogP contribution in [0.25, 0.3) is 0 Å². The lowest BCUT2D eigenvalue weighted by atomic mass is 9.87. The zero-order valence-corrected chi connectivity index (χ0v) is 10.7. The van der Waals surface area contributed by atoms with Crippen LogP contribution in [0.5, 0.6) is 5.75 Å². The smallest absolute Gasteiger partial charge is 0.126 e. The van der Waals surface area contributed by atoms with Gasteiger partial charge in [-0.3, -0.25) is 0 Å². The van der Waals surface area contributed by atoms with E-state index in [-0.39, 0.29) is 11.7 Å². The summed E-state index contributed by atoms with van der Waals surface area (Å²) in [4.78, 5) is 0. The van der Waals surface area contributed by atoms with Gasteiger partial charge in [-0.25, -0.2) is 0 Å². The van der Waals surface area contributed by atoms with E-state index < -0.39 is 0 Å². The SMILES string of the molecule is OC1CC2(CCCC2)Oc2ccc(Br)cc21. The highest BCUT2D eigenvalue weighted by atomic mass is 79.9. The van der Waals surface area contributed by atoms with Crippen molar-refractivity contribution in [3.05, 3.63) is 28.2 Å². The van der Waals surface area contributed by atoms with E-state index in [0.29, 0.717) is 0 Å². The molecule has 0 amide bonds. The molecule has 16 heavy (non-hydrogen) atoms. The van der Waals surface area contributed by atoms with E-state index in [1.54, 1.807) is 0 Å². The first kappa shape index (κ1) is 10.6. The minimum atomic E-state index is -0.376. The lowest BCUT2D eigenvalue weighted by molar-refractivity contribution is -0.00941. The second-order valence-corrected chi connectivity index (χ2v) is 5.81. The molecule has 1 unspecified atom stereocenters. The first-order valence-corrected chi connectivity index (χ1v) is 6.64. The summed E-state index contributed by atoms with van der Waals surface area (Å²) in [6, 6.07) is 5.89. The molecule has 3 heteroatoms. The predicted molar refractivity (Wildman–Crippen MR) is 65.5 cm³/mol. The van der Waals surface area contributed by atoms with Gasteiger partial charge in [0.15, 0.2) is 0 Å². The first-order chi connectivity index (χ1) is 7.69. The first-order valence-electron chi connectivity index (χ1n) is 5.85. The summed E-state index contributed by atoms with van der Waals surface area (Å²) in [6.07, 6.45) is 4.98. The monoisotopic (exact) mass is 282 g/mol. The maximum Gasteiger partial charge on any atom is 0.126 e. The molecule has 1 aliphatic carbocycles. The largest absolute Gasteiger partial charge is 0.487 e. The highest BCUT2D eigenvalue weighted by molar-refractivity contribution is 9.10. The molecule has 0 aromatic heterocycles. The third-order valence-electron chi connectivity index (χ3n) is 3.74. The Morgan fingerprint density at radius 2 is 2.06 bits per heavy atom. The third-order valence-corrected chi connectivity index (χ3v) is 4.23. The molecule has 1 fully saturated rings. The van der Waals surface area contributed by atoms with Crippen LogP contribution in [0.2, 0.25) is 0 Å². The molecule has 1 atom stereocenters. The highest BCUT2D eigenvalue weighted by Gasteiger charge is 2.42. The maximum atomic E-state index is 10.2. The van der Waals surface area contributed by atoms with Crippen molar-refractivity contribution in [3.8, 4) is 5.75 Å². The molecule has 86 valence electrons. The van der Waals surface area contributed by atoms with Crippen molar-refractivity contribution in [2.45, 2.75) is 43.8 Å². The molecule has 1 spiro atoms. The Hall–Kier alpha value is -0.540. The molecule has 0 saturated heterocycles. The van der Waals surface area contributed by atoms with Crippen molar-refractivity contribution in [1.82, 2.24) is 0 Å². The van der Waals surface area contributed by atoms with Crippen LogP contribution < -0.4 is 4.74 Å². The van der Waals surface area contributed by atoms with Crippen LogP contribution in [0.3, 0.4) is 0 Å². The average Bonchev–Trinajstić information content (AvgIpc) is 2.68. The fraction of sp³-hybridized carbons (Fsp3) is 0.538. The molecule has 1 saturated carbocycles. The van der Waals surface area contributed by atoms with Gasteiger partial charge in [-0.2, -0.15) is 0 Å². The van der Waals surface area contributed by atoms with E-state index in [4.69, 9.17) is 4.74 Å². The zero-order valence-electron chi connectivity index (χ0n) is 9.08. The van der Waals surface area contributed by atoms with Crippen LogP contribution >= 0.6 is 15.9 Å². The number of ether oxygens (including phenoxy) is 1. The van der Waals surface area contributed by atoms with Gasteiger partial charge in [-0.05, 0) is 43.9 Å². The molecule has 1 aromatic rings. The van der Waals surface area contributed by atoms with Crippen LogP contribution in [0.4, 0.5) is 0 Å². The van der Waals surface area contributed by atoms with Gasteiger partial charge in [0.25, 0.3) is 0 Å². The summed E-state index contributed by atoms with van der Waals surface area (Å²) in [5, 5.41) is 10.2. The van der Waals surface area contributed by atoms with Crippen molar-refractivity contribution in [3.63, 3.8) is 0 Å². The molecule has 0 radical (unpaired) electrons. The Morgan fingerprint density at radius 3 is 2.81 bits per heavy atom. The van der Waals surface area contributed by atoms with Crippen LogP contribution in [0.1, 0.15) is 43.8 Å². The number of benzene rings is 1. The molecular formula is C13H15BrO2. The number of rotatable bonds is 0. The molecule has 2 aliphatic rings. The number of halogens is 1. The topological polar surface area (TPSA) is 29.5 Å². The van der Waals surface area contributed by atoms with Gasteiger partial charge in [0.2, 0.25) is 0 Å². The van der Waals surface area contributed by atoms with Crippen molar-refractivity contribution in [1.29, 1.82) is 0 Å². The van der Waals surface area contributed by atoms with E-state index in [2.05, 4.69) is 15.9 Å². The minimum absolute atomic E-state index is 0.0831. The Kier molecular flexibility index (Phi) is 2.48. The standard InChI is InChI=1S/C13H15BrO2/c14-9-3-4-12-10(7-9)11(15)8-13(16-12)5-1-2-6-13/h3-4,7,11,15H,1-2,5-6,8H2. The molecular weight excluding hydrogens is 268 g/mol. The van der Waals surface area contributed by atoms with E-state index in [1.807, 2.05) is 18.2 Å². The van der Waals surface area contributed by atoms with E-state index in [1.165, 1.54) is 12.8 Å². The Morgan fingerprint density at radius 1 is 1.31 bits per heavy atom. The lowest BCUT2D eigenvalue weighted by Gasteiger charge is -2.38. The summed E-state index contributed by atoms with van der Waals surface area (Å²) in [6.45, 7) is 0. The van der Waals surface area contributed by atoms with Gasteiger partial charge in [0.05, 0.1) is 6.10 Å². The quantitative estimate of drug-likeness (QED) is 0.788. The van der Waals surface area contributed by atoms with Gasteiger partial charge in [-0.15, -0.1) is 0 Å². The Balaban J connectivity index is 1.99. The number of hydrogen-bond donors (Lipinski definition) is 1. The predicted octanol–water partition coefficient (Wildman–Crippen LogP) is 3.58. The summed E-state index contributed by atoms with van der Waals surface area (Å²) in [5.74, 6) is 0.865. The molecule has 1 N–H and O–H groups in total. The van der Waals surface area contributed by atoms with E-state index in [9.17, 15) is 5.11 Å². The Labute approximate surface area is 104 Å². The minimum Gasteiger partial charge on any atom is -0.487 e. The van der Waals surface area contributed by atoms with Gasteiger partial charge < -0.3 is 9.84 Å². The number of hydrogen-bond acceptors (Lipinski definition) is 2. The molecule has 1 aliphatic heterocycles. The van der Waals surface area contributed by atoms with Crippen LogP contribution in [-0.4, -0.2) is 10.7 Å². The van der Waals surface area contributed by atoms with Crippen LogP contribution in [-0.2, 0) is 0 Å². The second-order valence-electron chi connectivity index (χ2n) is 4.89. The number of aliphatic hydroxyl groups is 1. The normalized spacial score (nSPS) is 26.5. The van der Waals surface area contributed by atoms with Crippen molar-refractivity contribution < 1.29 is 9.84 Å². The van der Waals surface area contributed by atoms with Gasteiger partial charge >= 0.3 is 0 Å². The molecule has 2 nitrogen and oxygen atoms in total. The fourth-order valence-corrected chi connectivity index (χ4v) is 3.31. The van der Waals surface area contributed by atoms with Crippen molar-refractivity contribution in [2.75, 3.05) is 0 Å². The van der Waals surface area contributed by atoms with Gasteiger partial charge in [0, 0.05) is 16.5 Å².